The summed E-state index contributed by atoms with van der Waals surface area (Å²) in [5.41, 5.74) is 0.970. The second-order valence-electron chi connectivity index (χ2n) is 7.33. The Hall–Kier alpha value is -1.29. The van der Waals surface area contributed by atoms with E-state index >= 15 is 0 Å². The molecule has 2 rings (SSSR count). The smallest absolute Gasteiger partial charge is 0.116 e. The molecule has 0 aromatic heterocycles. The lowest BCUT2D eigenvalue weighted by atomic mass is 9.83. The van der Waals surface area contributed by atoms with Gasteiger partial charge in [-0.05, 0) is 61.9 Å². The number of hydrogen-bond acceptors (Lipinski definition) is 3. The van der Waals surface area contributed by atoms with Crippen molar-refractivity contribution in [3.63, 3.8) is 0 Å². The largest absolute Gasteiger partial charge is 0.380 e. The van der Waals surface area contributed by atoms with E-state index < -0.39 is 5.60 Å². The molecule has 1 unspecified atom stereocenters. The van der Waals surface area contributed by atoms with Crippen LogP contribution in [-0.4, -0.2) is 36.4 Å². The Labute approximate surface area is 157 Å². The highest BCUT2D eigenvalue weighted by Crippen LogP contribution is 2.34. The third-order valence-corrected chi connectivity index (χ3v) is 5.51. The number of nitrogens with zero attached hydrogens (tertiary/aromatic N) is 1. The minimum Gasteiger partial charge on any atom is -0.380 e. The minimum atomic E-state index is -0.952. The van der Waals surface area contributed by atoms with Gasteiger partial charge in [-0.25, -0.2) is 0 Å². The van der Waals surface area contributed by atoms with Gasteiger partial charge in [0.1, 0.15) is 5.60 Å². The summed E-state index contributed by atoms with van der Waals surface area (Å²) in [5.74, 6) is 1.88. The highest BCUT2D eigenvalue weighted by Gasteiger charge is 2.31. The van der Waals surface area contributed by atoms with E-state index in [1.165, 1.54) is 11.3 Å². The zero-order valence-electron chi connectivity index (χ0n) is 15.9. The van der Waals surface area contributed by atoms with Crippen LogP contribution in [0, 0.1) is 5.92 Å². The molecule has 0 heterocycles. The van der Waals surface area contributed by atoms with Crippen LogP contribution in [0.15, 0.2) is 59.5 Å². The van der Waals surface area contributed by atoms with E-state index in [1.807, 2.05) is 56.2 Å². The summed E-state index contributed by atoms with van der Waals surface area (Å²) in [5, 5.41) is 11.5. The fraction of sp³-hybridized carbons (Fsp3) is 0.455. The van der Waals surface area contributed by atoms with Crippen LogP contribution in [0.1, 0.15) is 37.8 Å². The quantitative estimate of drug-likeness (QED) is 0.638. The Morgan fingerprint density at radius 3 is 2.12 bits per heavy atom. The van der Waals surface area contributed by atoms with Gasteiger partial charge in [0, 0.05) is 11.4 Å². The molecule has 3 heteroatoms. The van der Waals surface area contributed by atoms with Crippen molar-refractivity contribution >= 4 is 11.8 Å². The van der Waals surface area contributed by atoms with Gasteiger partial charge in [-0.2, -0.15) is 0 Å². The molecular weight excluding hydrogens is 326 g/mol. The Bertz CT molecular complexity index is 624. The SMILES string of the molecule is CC(C)CCSc1ccc(C(O)(CCN(C)C)c2ccccc2)cc1. The van der Waals surface area contributed by atoms with E-state index in [-0.39, 0.29) is 0 Å². The zero-order valence-corrected chi connectivity index (χ0v) is 16.7. The van der Waals surface area contributed by atoms with E-state index in [4.69, 9.17) is 0 Å². The maximum absolute atomic E-state index is 11.5. The predicted molar refractivity (Wildman–Crippen MR) is 109 cm³/mol. The molecule has 25 heavy (non-hydrogen) atoms. The molecule has 0 radical (unpaired) electrons. The molecule has 0 saturated heterocycles. The molecule has 0 saturated carbocycles. The molecule has 0 aliphatic heterocycles. The van der Waals surface area contributed by atoms with Crippen molar-refractivity contribution in [1.82, 2.24) is 4.90 Å². The molecule has 0 spiro atoms. The van der Waals surface area contributed by atoms with Crippen molar-refractivity contribution in [2.24, 2.45) is 5.92 Å². The van der Waals surface area contributed by atoms with Crippen molar-refractivity contribution in [3.8, 4) is 0 Å². The fourth-order valence-electron chi connectivity index (χ4n) is 2.79. The monoisotopic (exact) mass is 357 g/mol. The second-order valence-corrected chi connectivity index (χ2v) is 8.50. The topological polar surface area (TPSA) is 23.5 Å². The Kier molecular flexibility index (Phi) is 7.55. The molecule has 2 aromatic carbocycles. The van der Waals surface area contributed by atoms with Crippen LogP contribution >= 0.6 is 11.8 Å². The molecule has 136 valence electrons. The first kappa shape index (κ1) is 20.0. The maximum Gasteiger partial charge on any atom is 0.116 e. The molecule has 1 N–H and O–H groups in total. The van der Waals surface area contributed by atoms with E-state index in [9.17, 15) is 5.11 Å². The highest BCUT2D eigenvalue weighted by atomic mass is 32.2. The first-order valence-corrected chi connectivity index (χ1v) is 10.1. The summed E-state index contributed by atoms with van der Waals surface area (Å²) < 4.78 is 0. The van der Waals surface area contributed by atoms with Crippen LogP contribution in [-0.2, 0) is 5.60 Å². The van der Waals surface area contributed by atoms with Crippen LogP contribution in [0.5, 0.6) is 0 Å². The van der Waals surface area contributed by atoms with Crippen LogP contribution < -0.4 is 0 Å². The summed E-state index contributed by atoms with van der Waals surface area (Å²) in [6, 6.07) is 18.5. The van der Waals surface area contributed by atoms with Crippen LogP contribution in [0.3, 0.4) is 0 Å². The van der Waals surface area contributed by atoms with Gasteiger partial charge in [0.05, 0.1) is 0 Å². The van der Waals surface area contributed by atoms with Crippen molar-refractivity contribution in [2.45, 2.75) is 37.2 Å². The number of hydrogen-bond donors (Lipinski definition) is 1. The van der Waals surface area contributed by atoms with Gasteiger partial charge < -0.3 is 10.0 Å². The van der Waals surface area contributed by atoms with Crippen molar-refractivity contribution < 1.29 is 5.11 Å². The molecule has 1 atom stereocenters. The number of benzene rings is 2. The molecular formula is C22H31NOS. The first-order chi connectivity index (χ1) is 11.9. The number of rotatable bonds is 9. The average molecular weight is 358 g/mol. The van der Waals surface area contributed by atoms with Crippen LogP contribution in [0.4, 0.5) is 0 Å². The number of thioether (sulfide) groups is 1. The predicted octanol–water partition coefficient (Wildman–Crippen LogP) is 5.01. The molecule has 2 nitrogen and oxygen atoms in total. The summed E-state index contributed by atoms with van der Waals surface area (Å²) in [6.07, 6.45) is 1.90. The standard InChI is InChI=1S/C22H31NOS/c1-18(2)14-17-25-21-12-10-20(11-13-21)22(24,15-16-23(3)4)19-8-6-5-7-9-19/h5-13,18,24H,14-17H2,1-4H3. The van der Waals surface area contributed by atoms with Crippen molar-refractivity contribution in [3.05, 3.63) is 65.7 Å². The molecule has 0 bridgehead atoms. The van der Waals surface area contributed by atoms with Gasteiger partial charge in [-0.15, -0.1) is 11.8 Å². The van der Waals surface area contributed by atoms with E-state index in [1.54, 1.807) is 0 Å². The lowest BCUT2D eigenvalue weighted by Crippen LogP contribution is -2.31. The van der Waals surface area contributed by atoms with Crippen molar-refractivity contribution in [1.29, 1.82) is 0 Å². The Morgan fingerprint density at radius 1 is 0.960 bits per heavy atom. The van der Waals surface area contributed by atoms with Gasteiger partial charge in [-0.1, -0.05) is 56.3 Å². The van der Waals surface area contributed by atoms with Gasteiger partial charge >= 0.3 is 0 Å². The van der Waals surface area contributed by atoms with Crippen molar-refractivity contribution in [2.75, 3.05) is 26.4 Å². The molecule has 0 aliphatic rings. The van der Waals surface area contributed by atoms with E-state index in [0.717, 1.165) is 29.3 Å². The number of aliphatic hydroxyl groups is 1. The second kappa shape index (κ2) is 9.42. The van der Waals surface area contributed by atoms with E-state index in [2.05, 4.69) is 43.0 Å². The van der Waals surface area contributed by atoms with Gasteiger partial charge in [-0.3, -0.25) is 0 Å². The highest BCUT2D eigenvalue weighted by molar-refractivity contribution is 7.99. The fourth-order valence-corrected chi connectivity index (χ4v) is 3.95. The minimum absolute atomic E-state index is 0.670. The van der Waals surface area contributed by atoms with Crippen LogP contribution in [0.2, 0.25) is 0 Å². The van der Waals surface area contributed by atoms with Gasteiger partial charge in [0.2, 0.25) is 0 Å². The average Bonchev–Trinajstić information content (AvgIpc) is 2.60. The Balaban J connectivity index is 2.19. The lowest BCUT2D eigenvalue weighted by molar-refractivity contribution is 0.0628. The summed E-state index contributed by atoms with van der Waals surface area (Å²) in [4.78, 5) is 3.39. The molecule has 0 fully saturated rings. The maximum atomic E-state index is 11.5. The summed E-state index contributed by atoms with van der Waals surface area (Å²) in [6.45, 7) is 5.35. The third-order valence-electron chi connectivity index (χ3n) is 4.47. The third kappa shape index (κ3) is 5.88. The van der Waals surface area contributed by atoms with Gasteiger partial charge in [0.25, 0.3) is 0 Å². The summed E-state index contributed by atoms with van der Waals surface area (Å²) >= 11 is 1.89. The molecule has 0 aliphatic carbocycles. The Morgan fingerprint density at radius 2 is 1.56 bits per heavy atom. The molecule has 0 amide bonds. The lowest BCUT2D eigenvalue weighted by Gasteiger charge is -2.31. The normalized spacial score (nSPS) is 14.0. The van der Waals surface area contributed by atoms with Crippen LogP contribution in [0.25, 0.3) is 0 Å². The first-order valence-electron chi connectivity index (χ1n) is 9.08. The summed E-state index contributed by atoms with van der Waals surface area (Å²) in [7, 11) is 4.08. The zero-order chi connectivity index (χ0) is 18.3. The molecule has 2 aromatic rings. The van der Waals surface area contributed by atoms with E-state index in [0.29, 0.717) is 6.42 Å². The van der Waals surface area contributed by atoms with Gasteiger partial charge in [0.15, 0.2) is 0 Å².